The molecule has 3 aromatic carbocycles. The standard InChI is InChI=1S/C42H38BClN4O8S/c1-21-29-18-24(44)9-14-33(29)57-37(21)32-20-34(46(3)45-32)48-39(51)31-19-30-27(36(42(31,2)41(48)53)22-7-10-26(11-8-22)56-16-15-49)12-13-28-35(30)40(52)47(38(28)50)25-6-4-5-23(17-25)43(54)55/h4-12,14,17-18,20,28,30-31,35-36,49,54-55H,13,15-16,19H2,1-3H3. The fourth-order valence-corrected chi connectivity index (χ4v) is 11.1. The van der Waals surface area contributed by atoms with Crippen molar-refractivity contribution in [2.45, 2.75) is 32.6 Å². The number of carbonyl (C=O) groups excluding carboxylic acids is 4. The number of allylic oxidation sites excluding steroid dienone is 2. The number of rotatable bonds is 8. The van der Waals surface area contributed by atoms with Crippen molar-refractivity contribution < 1.29 is 39.1 Å². The van der Waals surface area contributed by atoms with E-state index < -0.39 is 59.8 Å². The average Bonchev–Trinajstić information content (AvgIpc) is 3.87. The summed E-state index contributed by atoms with van der Waals surface area (Å²) in [4.78, 5) is 61.9. The van der Waals surface area contributed by atoms with Crippen LogP contribution in [-0.2, 0) is 26.2 Å². The van der Waals surface area contributed by atoms with Gasteiger partial charge in [0.2, 0.25) is 23.6 Å². The number of imide groups is 2. The van der Waals surface area contributed by atoms with E-state index in [4.69, 9.17) is 21.4 Å². The maximum absolute atomic E-state index is 15.2. The Kier molecular flexibility index (Phi) is 9.05. The van der Waals surface area contributed by atoms with Crippen LogP contribution in [0, 0.1) is 36.0 Å². The van der Waals surface area contributed by atoms with Gasteiger partial charge in [-0.3, -0.25) is 28.8 Å². The smallest absolute Gasteiger partial charge is 0.488 e. The normalized spacial score (nSPS) is 25.5. The molecule has 4 heterocycles. The SMILES string of the molecule is Cc1c(-c2cc(N3C(=O)C4CC5C(=CCC6C(=O)N(c7cccc(B(O)O)c7)C(=O)C65)C(c5ccc(OCCO)cc5)C4(C)C3=O)n(C)n2)sc2ccc(Cl)cc12. The second-order valence-electron chi connectivity index (χ2n) is 15.5. The van der Waals surface area contributed by atoms with Gasteiger partial charge in [-0.2, -0.15) is 5.10 Å². The number of nitrogens with zero attached hydrogens (tertiary/aromatic N) is 4. The number of hydrogen-bond acceptors (Lipinski definition) is 10. The maximum Gasteiger partial charge on any atom is 0.488 e. The van der Waals surface area contributed by atoms with Gasteiger partial charge in [-0.1, -0.05) is 47.5 Å². The number of aliphatic hydroxyl groups excluding tert-OH is 1. The Balaban J connectivity index is 1.13. The van der Waals surface area contributed by atoms with E-state index in [9.17, 15) is 29.5 Å². The summed E-state index contributed by atoms with van der Waals surface area (Å²) in [6.07, 6.45) is 2.41. The lowest BCUT2D eigenvalue weighted by atomic mass is 9.51. The van der Waals surface area contributed by atoms with E-state index in [-0.39, 0.29) is 43.1 Å². The van der Waals surface area contributed by atoms with Crippen LogP contribution in [0.2, 0.25) is 5.02 Å². The number of fused-ring (bicyclic) bond motifs is 5. The summed E-state index contributed by atoms with van der Waals surface area (Å²) in [7, 11) is -0.0797. The molecule has 15 heteroatoms. The van der Waals surface area contributed by atoms with Gasteiger partial charge in [-0.25, -0.2) is 4.90 Å². The van der Waals surface area contributed by atoms with Gasteiger partial charge in [0.25, 0.3) is 0 Å². The van der Waals surface area contributed by atoms with Gasteiger partial charge in [0.15, 0.2) is 0 Å². The lowest BCUT2D eigenvalue weighted by Crippen LogP contribution is -2.49. The first-order chi connectivity index (χ1) is 27.3. The van der Waals surface area contributed by atoms with Crippen LogP contribution >= 0.6 is 22.9 Å². The molecule has 57 heavy (non-hydrogen) atoms. The van der Waals surface area contributed by atoms with Gasteiger partial charge in [0.05, 0.1) is 40.3 Å². The average molecular weight is 805 g/mol. The molecule has 6 atom stereocenters. The maximum atomic E-state index is 15.2. The van der Waals surface area contributed by atoms with E-state index in [1.807, 2.05) is 50.3 Å². The van der Waals surface area contributed by atoms with Crippen LogP contribution in [0.5, 0.6) is 5.75 Å². The Bertz CT molecular complexity index is 2550. The topological polar surface area (TPSA) is 162 Å². The number of amides is 4. The Morgan fingerprint density at radius 3 is 2.47 bits per heavy atom. The van der Waals surface area contributed by atoms with E-state index in [2.05, 4.69) is 0 Å². The second-order valence-corrected chi connectivity index (χ2v) is 17.0. The Morgan fingerprint density at radius 1 is 0.965 bits per heavy atom. The van der Waals surface area contributed by atoms with Crippen LogP contribution < -0.4 is 20.0 Å². The first kappa shape index (κ1) is 37.5. The largest absolute Gasteiger partial charge is 0.491 e. The molecular weight excluding hydrogens is 767 g/mol. The highest BCUT2D eigenvalue weighted by Gasteiger charge is 2.68. The van der Waals surface area contributed by atoms with Crippen LogP contribution in [0.25, 0.3) is 20.7 Å². The summed E-state index contributed by atoms with van der Waals surface area (Å²) in [5.74, 6) is -4.27. The van der Waals surface area contributed by atoms with Gasteiger partial charge < -0.3 is 19.9 Å². The second kappa shape index (κ2) is 13.8. The molecule has 1 saturated carbocycles. The predicted octanol–water partition coefficient (Wildman–Crippen LogP) is 4.75. The number of hydrogen-bond donors (Lipinski definition) is 3. The molecule has 12 nitrogen and oxygen atoms in total. The summed E-state index contributed by atoms with van der Waals surface area (Å²) in [5.41, 5.74) is 2.29. The lowest BCUT2D eigenvalue weighted by molar-refractivity contribution is -0.131. The minimum Gasteiger partial charge on any atom is -0.491 e. The van der Waals surface area contributed by atoms with Crippen molar-refractivity contribution in [3.63, 3.8) is 0 Å². The van der Waals surface area contributed by atoms with Crippen molar-refractivity contribution in [2.24, 2.45) is 36.1 Å². The summed E-state index contributed by atoms with van der Waals surface area (Å²) >= 11 is 7.88. The van der Waals surface area contributed by atoms with Crippen LogP contribution in [0.15, 0.2) is 84.4 Å². The molecule has 2 saturated heterocycles. The highest BCUT2D eigenvalue weighted by Crippen LogP contribution is 2.64. The van der Waals surface area contributed by atoms with Gasteiger partial charge >= 0.3 is 7.12 Å². The highest BCUT2D eigenvalue weighted by molar-refractivity contribution is 7.22. The summed E-state index contributed by atoms with van der Waals surface area (Å²) in [5, 5.41) is 35.4. The van der Waals surface area contributed by atoms with Crippen LogP contribution in [0.3, 0.4) is 0 Å². The first-order valence-corrected chi connectivity index (χ1v) is 20.0. The van der Waals surface area contributed by atoms with E-state index in [1.54, 1.807) is 53.4 Å². The third-order valence-corrected chi connectivity index (χ3v) is 14.0. The zero-order valence-corrected chi connectivity index (χ0v) is 32.8. The number of aryl methyl sites for hydroxylation is 2. The van der Waals surface area contributed by atoms with Crippen molar-refractivity contribution in [1.29, 1.82) is 0 Å². The molecule has 2 aliphatic heterocycles. The van der Waals surface area contributed by atoms with E-state index >= 15 is 4.79 Å². The zero-order valence-electron chi connectivity index (χ0n) is 31.3. The predicted molar refractivity (Wildman–Crippen MR) is 216 cm³/mol. The first-order valence-electron chi connectivity index (χ1n) is 18.8. The van der Waals surface area contributed by atoms with Crippen LogP contribution in [-0.4, -0.2) is 68.9 Å². The Hall–Kier alpha value is -5.12. The zero-order chi connectivity index (χ0) is 40.1. The van der Waals surface area contributed by atoms with Crippen LogP contribution in [0.4, 0.5) is 11.5 Å². The minimum absolute atomic E-state index is 0.106. The number of ether oxygens (including phenoxy) is 1. The molecule has 0 radical (unpaired) electrons. The molecule has 290 valence electrons. The molecule has 4 aliphatic rings. The molecule has 4 amide bonds. The molecule has 3 fully saturated rings. The Morgan fingerprint density at radius 2 is 1.74 bits per heavy atom. The number of halogens is 1. The highest BCUT2D eigenvalue weighted by atomic mass is 35.5. The summed E-state index contributed by atoms with van der Waals surface area (Å²) in [6.45, 7) is 3.78. The summed E-state index contributed by atoms with van der Waals surface area (Å²) < 4.78 is 8.24. The van der Waals surface area contributed by atoms with Crippen molar-refractivity contribution in [1.82, 2.24) is 9.78 Å². The molecule has 6 unspecified atom stereocenters. The molecule has 0 spiro atoms. The van der Waals surface area contributed by atoms with E-state index in [1.165, 1.54) is 17.0 Å². The van der Waals surface area contributed by atoms with Gasteiger partial charge in [-0.15, -0.1) is 11.3 Å². The number of aromatic nitrogens is 2. The number of benzene rings is 3. The third kappa shape index (κ3) is 5.64. The van der Waals surface area contributed by atoms with Crippen molar-refractivity contribution in [3.05, 3.63) is 101 Å². The molecule has 0 bridgehead atoms. The van der Waals surface area contributed by atoms with Gasteiger partial charge in [-0.05, 0) is 97.0 Å². The molecule has 2 aromatic heterocycles. The summed E-state index contributed by atoms with van der Waals surface area (Å²) in [6, 6.07) is 20.8. The molecule has 3 N–H and O–H groups in total. The number of aliphatic hydroxyl groups is 1. The monoisotopic (exact) mass is 804 g/mol. The van der Waals surface area contributed by atoms with Crippen molar-refractivity contribution in [2.75, 3.05) is 23.0 Å². The number of anilines is 2. The van der Waals surface area contributed by atoms with E-state index in [0.717, 1.165) is 36.6 Å². The van der Waals surface area contributed by atoms with Crippen molar-refractivity contribution >= 4 is 80.7 Å². The van der Waals surface area contributed by atoms with Crippen molar-refractivity contribution in [3.8, 4) is 16.3 Å². The number of thiophene rings is 1. The fourth-order valence-electron chi connectivity index (χ4n) is 9.83. The fraction of sp³-hybridized carbons (Fsp3) is 0.310. The Labute approximate surface area is 337 Å². The molecule has 2 aliphatic carbocycles. The minimum atomic E-state index is -1.79. The van der Waals surface area contributed by atoms with E-state index in [0.29, 0.717) is 22.3 Å². The van der Waals surface area contributed by atoms with Gasteiger partial charge in [0, 0.05) is 28.8 Å². The molecule has 5 aromatic rings. The molecular formula is C42H38BClN4O8S. The van der Waals surface area contributed by atoms with Crippen LogP contribution in [0.1, 0.15) is 36.8 Å². The third-order valence-electron chi connectivity index (χ3n) is 12.5. The quantitative estimate of drug-likeness (QED) is 0.114. The lowest BCUT2D eigenvalue weighted by Gasteiger charge is -2.49. The molecule has 9 rings (SSSR count). The number of carbonyl (C=O) groups is 4. The van der Waals surface area contributed by atoms with Gasteiger partial charge in [0.1, 0.15) is 23.9 Å².